The van der Waals surface area contributed by atoms with Gasteiger partial charge in [-0.2, -0.15) is 0 Å². The summed E-state index contributed by atoms with van der Waals surface area (Å²) in [5.41, 5.74) is 2.56. The van der Waals surface area contributed by atoms with Gasteiger partial charge in [0, 0.05) is 22.7 Å². The highest BCUT2D eigenvalue weighted by molar-refractivity contribution is 6.30. The predicted octanol–water partition coefficient (Wildman–Crippen LogP) is 4.63. The van der Waals surface area contributed by atoms with Crippen LogP contribution in [-0.4, -0.2) is 23.4 Å². The van der Waals surface area contributed by atoms with Crippen molar-refractivity contribution in [2.24, 2.45) is 0 Å². The lowest BCUT2D eigenvalue weighted by atomic mass is 9.89. The smallest absolute Gasteiger partial charge is 0.328 e. The maximum absolute atomic E-state index is 13.1. The third-order valence-electron chi connectivity index (χ3n) is 5.79. The van der Waals surface area contributed by atoms with Crippen molar-refractivity contribution in [3.05, 3.63) is 106 Å². The van der Waals surface area contributed by atoms with Crippen LogP contribution in [-0.2, 0) is 23.2 Å². The van der Waals surface area contributed by atoms with Crippen LogP contribution in [0.3, 0.4) is 0 Å². The topological polar surface area (TPSA) is 66.4 Å². The van der Waals surface area contributed by atoms with E-state index in [0.29, 0.717) is 41.1 Å². The summed E-state index contributed by atoms with van der Waals surface area (Å²) in [5.74, 6) is -1.03. The van der Waals surface area contributed by atoms with Gasteiger partial charge in [-0.25, -0.2) is 4.79 Å². The second-order valence-corrected chi connectivity index (χ2v) is 7.98. The van der Waals surface area contributed by atoms with Crippen molar-refractivity contribution in [1.29, 1.82) is 0 Å². The third-order valence-corrected chi connectivity index (χ3v) is 6.04. The molecule has 152 valence electrons. The molecular weight excluding hydrogens is 398 g/mol. The summed E-state index contributed by atoms with van der Waals surface area (Å²) in [6.07, 6.45) is 1.68. The van der Waals surface area contributed by atoms with E-state index in [9.17, 15) is 14.7 Å². The zero-order chi connectivity index (χ0) is 21.1. The van der Waals surface area contributed by atoms with Gasteiger partial charge in [-0.1, -0.05) is 60.1 Å². The van der Waals surface area contributed by atoms with Gasteiger partial charge in [-0.3, -0.25) is 10.1 Å². The molecule has 0 saturated carbocycles. The summed E-state index contributed by atoms with van der Waals surface area (Å²) < 4.78 is 0. The number of aliphatic carboxylic acids is 1. The van der Waals surface area contributed by atoms with Crippen molar-refractivity contribution in [1.82, 2.24) is 5.32 Å². The Morgan fingerprint density at radius 3 is 2.40 bits per heavy atom. The van der Waals surface area contributed by atoms with Crippen LogP contribution < -0.4 is 5.32 Å². The molecule has 1 aliphatic rings. The second kappa shape index (κ2) is 8.42. The lowest BCUT2D eigenvalue weighted by Gasteiger charge is -2.27. The van der Waals surface area contributed by atoms with Crippen LogP contribution in [0.4, 0.5) is 0 Å². The molecule has 4 rings (SSSR count). The lowest BCUT2D eigenvalue weighted by molar-refractivity contribution is -0.145. The molecule has 0 radical (unpaired) electrons. The number of carbonyl (C=O) groups excluding carboxylic acids is 1. The molecule has 0 aromatic heterocycles. The van der Waals surface area contributed by atoms with Crippen molar-refractivity contribution in [3.8, 4) is 0 Å². The van der Waals surface area contributed by atoms with Crippen molar-refractivity contribution < 1.29 is 14.7 Å². The average Bonchev–Trinajstić information content (AvgIpc) is 3.15. The number of halogens is 1. The minimum absolute atomic E-state index is 0.117. The number of carbonyl (C=O) groups is 2. The van der Waals surface area contributed by atoms with Crippen molar-refractivity contribution in [2.45, 2.75) is 24.8 Å². The Balaban J connectivity index is 1.63. The Bertz CT molecular complexity index is 1080. The fourth-order valence-corrected chi connectivity index (χ4v) is 4.34. The SMILES string of the molecule is O=C(c1ccc(Cl)cc1)c1cccc2c1CCC2(NCCc1ccccc1)C(=O)O. The first-order valence-electron chi connectivity index (χ1n) is 9.96. The van der Waals surface area contributed by atoms with Gasteiger partial charge in [-0.15, -0.1) is 0 Å². The fraction of sp³-hybridized carbons (Fsp3) is 0.200. The summed E-state index contributed by atoms with van der Waals surface area (Å²) in [6.45, 7) is 0.533. The summed E-state index contributed by atoms with van der Waals surface area (Å²) in [6, 6.07) is 22.1. The minimum Gasteiger partial charge on any atom is -0.480 e. The number of fused-ring (bicyclic) bond motifs is 1. The van der Waals surface area contributed by atoms with Crippen LogP contribution in [0.25, 0.3) is 0 Å². The van der Waals surface area contributed by atoms with Crippen molar-refractivity contribution in [3.63, 3.8) is 0 Å². The Morgan fingerprint density at radius 2 is 1.70 bits per heavy atom. The molecule has 0 saturated heterocycles. The largest absolute Gasteiger partial charge is 0.480 e. The summed E-state index contributed by atoms with van der Waals surface area (Å²) in [4.78, 5) is 25.4. The normalized spacial score (nSPS) is 17.5. The van der Waals surface area contributed by atoms with E-state index in [-0.39, 0.29) is 5.78 Å². The van der Waals surface area contributed by atoms with Gasteiger partial charge in [0.15, 0.2) is 5.78 Å². The number of ketones is 1. The quantitative estimate of drug-likeness (QED) is 0.548. The molecule has 3 aromatic rings. The Hall–Kier alpha value is -2.95. The van der Waals surface area contributed by atoms with Crippen molar-refractivity contribution in [2.75, 3.05) is 6.54 Å². The van der Waals surface area contributed by atoms with Gasteiger partial charge >= 0.3 is 5.97 Å². The number of nitrogens with one attached hydrogen (secondary N) is 1. The zero-order valence-corrected chi connectivity index (χ0v) is 17.2. The Morgan fingerprint density at radius 1 is 0.967 bits per heavy atom. The number of hydrogen-bond donors (Lipinski definition) is 2. The highest BCUT2D eigenvalue weighted by atomic mass is 35.5. The zero-order valence-electron chi connectivity index (χ0n) is 16.4. The molecular formula is C25H22ClNO3. The van der Waals surface area contributed by atoms with Crippen LogP contribution in [0.5, 0.6) is 0 Å². The highest BCUT2D eigenvalue weighted by Gasteiger charge is 2.46. The maximum Gasteiger partial charge on any atom is 0.328 e. The summed E-state index contributed by atoms with van der Waals surface area (Å²) in [7, 11) is 0. The number of hydrogen-bond acceptors (Lipinski definition) is 3. The minimum atomic E-state index is -1.18. The first-order valence-corrected chi connectivity index (χ1v) is 10.3. The standard InChI is InChI=1S/C25H22ClNO3/c26-19-11-9-18(10-12-19)23(28)21-7-4-8-22-20(21)13-15-25(22,24(29)30)27-16-14-17-5-2-1-3-6-17/h1-12,27H,13-16H2,(H,29,30). The summed E-state index contributed by atoms with van der Waals surface area (Å²) in [5, 5.41) is 14.0. The average molecular weight is 420 g/mol. The molecule has 0 aliphatic heterocycles. The van der Waals surface area contributed by atoms with Gasteiger partial charge in [0.1, 0.15) is 5.54 Å². The van der Waals surface area contributed by atoms with Gasteiger partial charge in [0.2, 0.25) is 0 Å². The molecule has 0 fully saturated rings. The van der Waals surface area contributed by atoms with Crippen LogP contribution in [0.1, 0.15) is 39.0 Å². The molecule has 2 N–H and O–H groups in total. The molecule has 3 aromatic carbocycles. The Kier molecular flexibility index (Phi) is 5.71. The first-order chi connectivity index (χ1) is 14.5. The second-order valence-electron chi connectivity index (χ2n) is 7.54. The molecule has 0 heterocycles. The van der Waals surface area contributed by atoms with Crippen LogP contribution in [0.2, 0.25) is 5.02 Å². The maximum atomic E-state index is 13.1. The van der Waals surface area contributed by atoms with Crippen molar-refractivity contribution >= 4 is 23.4 Å². The molecule has 5 heteroatoms. The van der Waals surface area contributed by atoms with E-state index in [0.717, 1.165) is 17.5 Å². The van der Waals surface area contributed by atoms with E-state index >= 15 is 0 Å². The van der Waals surface area contributed by atoms with Crippen LogP contribution in [0, 0.1) is 0 Å². The molecule has 1 aliphatic carbocycles. The number of benzene rings is 3. The van der Waals surface area contributed by atoms with Gasteiger partial charge in [0.05, 0.1) is 0 Å². The van der Waals surface area contributed by atoms with E-state index in [1.807, 2.05) is 36.4 Å². The number of carboxylic acids is 1. The molecule has 0 bridgehead atoms. The van der Waals surface area contributed by atoms with E-state index in [2.05, 4.69) is 5.32 Å². The summed E-state index contributed by atoms with van der Waals surface area (Å²) >= 11 is 5.94. The monoisotopic (exact) mass is 419 g/mol. The molecule has 30 heavy (non-hydrogen) atoms. The Labute approximate surface area is 180 Å². The highest BCUT2D eigenvalue weighted by Crippen LogP contribution is 2.39. The van der Waals surface area contributed by atoms with Crippen LogP contribution in [0.15, 0.2) is 72.8 Å². The van der Waals surface area contributed by atoms with E-state index in [4.69, 9.17) is 11.6 Å². The van der Waals surface area contributed by atoms with Crippen LogP contribution >= 0.6 is 11.6 Å². The molecule has 1 atom stereocenters. The predicted molar refractivity (Wildman–Crippen MR) is 117 cm³/mol. The number of rotatable bonds is 7. The first kappa shape index (κ1) is 20.3. The van der Waals surface area contributed by atoms with E-state index in [1.165, 1.54) is 0 Å². The number of carboxylic acid groups (broad SMARTS) is 1. The molecule has 0 amide bonds. The van der Waals surface area contributed by atoms with E-state index < -0.39 is 11.5 Å². The van der Waals surface area contributed by atoms with Gasteiger partial charge < -0.3 is 5.11 Å². The molecule has 1 unspecified atom stereocenters. The molecule has 0 spiro atoms. The fourth-order valence-electron chi connectivity index (χ4n) is 4.22. The van der Waals surface area contributed by atoms with Gasteiger partial charge in [-0.05, 0) is 60.2 Å². The van der Waals surface area contributed by atoms with E-state index in [1.54, 1.807) is 36.4 Å². The molecule has 4 nitrogen and oxygen atoms in total. The van der Waals surface area contributed by atoms with Gasteiger partial charge in [0.25, 0.3) is 0 Å². The lowest BCUT2D eigenvalue weighted by Crippen LogP contribution is -2.48. The third kappa shape index (κ3) is 3.76.